The summed E-state index contributed by atoms with van der Waals surface area (Å²) in [6, 6.07) is 21.2. The molecule has 2 aliphatic rings. The Labute approximate surface area is 186 Å². The standard InChI is InChI=1S/C25H32N2O2.ClH/c1-2-27-19-22(13-14-26-15-17-29-18-16-26)24(25(27)28)23(20-9-5-3-6-10-20)21-11-7-4-8-12-21;/h3-12,22-24H,2,13-19H2,1H3;1H. The van der Waals surface area contributed by atoms with Crippen LogP contribution in [0.15, 0.2) is 60.7 Å². The fourth-order valence-electron chi connectivity index (χ4n) is 4.97. The van der Waals surface area contributed by atoms with Gasteiger partial charge in [-0.2, -0.15) is 0 Å². The van der Waals surface area contributed by atoms with Gasteiger partial charge < -0.3 is 9.64 Å². The van der Waals surface area contributed by atoms with Crippen LogP contribution in [0.25, 0.3) is 0 Å². The molecule has 2 aromatic rings. The van der Waals surface area contributed by atoms with Gasteiger partial charge in [-0.1, -0.05) is 60.7 Å². The van der Waals surface area contributed by atoms with E-state index in [-0.39, 0.29) is 24.2 Å². The number of halogens is 1. The number of hydrogen-bond donors (Lipinski definition) is 0. The van der Waals surface area contributed by atoms with Crippen LogP contribution < -0.4 is 0 Å². The minimum atomic E-state index is 0. The van der Waals surface area contributed by atoms with Gasteiger partial charge in [0.15, 0.2) is 0 Å². The van der Waals surface area contributed by atoms with E-state index in [1.54, 1.807) is 0 Å². The van der Waals surface area contributed by atoms with Gasteiger partial charge in [0.25, 0.3) is 0 Å². The van der Waals surface area contributed by atoms with E-state index in [4.69, 9.17) is 4.74 Å². The second-order valence-electron chi connectivity index (χ2n) is 8.20. The number of rotatable bonds is 7. The molecule has 0 N–H and O–H groups in total. The molecular weight excluding hydrogens is 396 g/mol. The zero-order valence-electron chi connectivity index (χ0n) is 17.8. The summed E-state index contributed by atoms with van der Waals surface area (Å²) in [6.07, 6.45) is 1.06. The lowest BCUT2D eigenvalue weighted by Crippen LogP contribution is -2.38. The summed E-state index contributed by atoms with van der Waals surface area (Å²) in [6.45, 7) is 8.47. The minimum absolute atomic E-state index is 0. The Morgan fingerprint density at radius 2 is 1.53 bits per heavy atom. The maximum Gasteiger partial charge on any atom is 0.226 e. The zero-order valence-corrected chi connectivity index (χ0v) is 18.6. The van der Waals surface area contributed by atoms with Gasteiger partial charge in [0.05, 0.1) is 19.1 Å². The van der Waals surface area contributed by atoms with Crippen molar-refractivity contribution < 1.29 is 9.53 Å². The van der Waals surface area contributed by atoms with Gasteiger partial charge in [-0.05, 0) is 36.9 Å². The Bertz CT molecular complexity index is 741. The molecule has 0 aliphatic carbocycles. The highest BCUT2D eigenvalue weighted by atomic mass is 35.5. The summed E-state index contributed by atoms with van der Waals surface area (Å²) in [5.41, 5.74) is 2.48. The van der Waals surface area contributed by atoms with Crippen LogP contribution in [0, 0.1) is 11.8 Å². The number of ether oxygens (including phenoxy) is 1. The highest BCUT2D eigenvalue weighted by Crippen LogP contribution is 2.42. The van der Waals surface area contributed by atoms with Crippen LogP contribution in [0.2, 0.25) is 0 Å². The molecule has 2 heterocycles. The van der Waals surface area contributed by atoms with E-state index in [0.717, 1.165) is 52.4 Å². The Balaban J connectivity index is 0.00000256. The van der Waals surface area contributed by atoms with Crippen LogP contribution in [-0.4, -0.2) is 61.6 Å². The molecule has 0 spiro atoms. The quantitative estimate of drug-likeness (QED) is 0.666. The average molecular weight is 429 g/mol. The van der Waals surface area contributed by atoms with Gasteiger partial charge in [0.2, 0.25) is 5.91 Å². The monoisotopic (exact) mass is 428 g/mol. The van der Waals surface area contributed by atoms with Gasteiger partial charge >= 0.3 is 0 Å². The average Bonchev–Trinajstić information content (AvgIpc) is 3.10. The molecule has 0 aromatic heterocycles. The van der Waals surface area contributed by atoms with E-state index in [1.807, 2.05) is 0 Å². The molecule has 4 rings (SSSR count). The van der Waals surface area contributed by atoms with Crippen molar-refractivity contribution in [2.24, 2.45) is 11.8 Å². The Hall–Kier alpha value is -1.88. The number of carbonyl (C=O) groups is 1. The van der Waals surface area contributed by atoms with Crippen LogP contribution in [0.1, 0.15) is 30.4 Å². The smallest absolute Gasteiger partial charge is 0.226 e. The zero-order chi connectivity index (χ0) is 20.1. The maximum absolute atomic E-state index is 13.5. The largest absolute Gasteiger partial charge is 0.379 e. The van der Waals surface area contributed by atoms with Crippen LogP contribution in [0.5, 0.6) is 0 Å². The van der Waals surface area contributed by atoms with Crippen molar-refractivity contribution in [3.05, 3.63) is 71.8 Å². The third-order valence-electron chi connectivity index (χ3n) is 6.54. The molecule has 30 heavy (non-hydrogen) atoms. The molecule has 0 bridgehead atoms. The highest BCUT2D eigenvalue weighted by molar-refractivity contribution is 5.85. The molecule has 0 saturated carbocycles. The molecule has 2 atom stereocenters. The lowest BCUT2D eigenvalue weighted by molar-refractivity contribution is -0.131. The van der Waals surface area contributed by atoms with Crippen LogP contribution >= 0.6 is 12.4 Å². The van der Waals surface area contributed by atoms with Gasteiger partial charge in [-0.25, -0.2) is 0 Å². The number of amides is 1. The minimum Gasteiger partial charge on any atom is -0.379 e. The topological polar surface area (TPSA) is 32.8 Å². The van der Waals surface area contributed by atoms with E-state index in [1.165, 1.54) is 11.1 Å². The van der Waals surface area contributed by atoms with Crippen molar-refractivity contribution in [1.82, 2.24) is 9.80 Å². The van der Waals surface area contributed by atoms with Crippen LogP contribution in [0.3, 0.4) is 0 Å². The number of hydrogen-bond acceptors (Lipinski definition) is 3. The van der Waals surface area contributed by atoms with E-state index in [2.05, 4.69) is 77.4 Å². The van der Waals surface area contributed by atoms with Crippen molar-refractivity contribution in [2.45, 2.75) is 19.3 Å². The second-order valence-corrected chi connectivity index (χ2v) is 8.20. The molecule has 2 fully saturated rings. The third-order valence-corrected chi connectivity index (χ3v) is 6.54. The van der Waals surface area contributed by atoms with Crippen molar-refractivity contribution in [3.63, 3.8) is 0 Å². The first-order valence-electron chi connectivity index (χ1n) is 11.0. The predicted octanol–water partition coefficient (Wildman–Crippen LogP) is 4.06. The van der Waals surface area contributed by atoms with E-state index in [9.17, 15) is 4.79 Å². The second kappa shape index (κ2) is 10.9. The van der Waals surface area contributed by atoms with Gasteiger partial charge in [0, 0.05) is 32.1 Å². The number of likely N-dealkylation sites (tertiary alicyclic amines) is 1. The normalized spacial score (nSPS) is 22.3. The number of benzene rings is 2. The van der Waals surface area contributed by atoms with Crippen LogP contribution in [-0.2, 0) is 9.53 Å². The molecule has 5 heteroatoms. The summed E-state index contributed by atoms with van der Waals surface area (Å²) in [7, 11) is 0. The molecule has 2 saturated heterocycles. The number of nitrogens with zero attached hydrogens (tertiary/aromatic N) is 2. The molecule has 2 unspecified atom stereocenters. The fourth-order valence-corrected chi connectivity index (χ4v) is 4.97. The SMILES string of the molecule is CCN1CC(CCN2CCOCC2)C(C(c2ccccc2)c2ccccc2)C1=O.Cl. The molecule has 1 amide bonds. The van der Waals surface area contributed by atoms with E-state index < -0.39 is 0 Å². The number of morpholine rings is 1. The summed E-state index contributed by atoms with van der Waals surface area (Å²) < 4.78 is 5.49. The fraction of sp³-hybridized carbons (Fsp3) is 0.480. The molecule has 2 aliphatic heterocycles. The molecule has 162 valence electrons. The number of carbonyl (C=O) groups excluding carboxylic acids is 1. The predicted molar refractivity (Wildman–Crippen MR) is 123 cm³/mol. The Morgan fingerprint density at radius 1 is 0.967 bits per heavy atom. The third kappa shape index (κ3) is 5.05. The highest BCUT2D eigenvalue weighted by Gasteiger charge is 2.44. The van der Waals surface area contributed by atoms with Gasteiger partial charge in [-0.15, -0.1) is 12.4 Å². The van der Waals surface area contributed by atoms with Crippen LogP contribution in [0.4, 0.5) is 0 Å². The van der Waals surface area contributed by atoms with Crippen molar-refractivity contribution in [1.29, 1.82) is 0 Å². The summed E-state index contributed by atoms with van der Waals surface area (Å²) in [5, 5.41) is 0. The molecule has 2 aromatic carbocycles. The van der Waals surface area contributed by atoms with Crippen molar-refractivity contribution in [2.75, 3.05) is 45.9 Å². The molecule has 0 radical (unpaired) electrons. The van der Waals surface area contributed by atoms with Gasteiger partial charge in [0.1, 0.15) is 0 Å². The summed E-state index contributed by atoms with van der Waals surface area (Å²) >= 11 is 0. The maximum atomic E-state index is 13.5. The first kappa shape index (κ1) is 22.8. The first-order valence-corrected chi connectivity index (χ1v) is 11.0. The lowest BCUT2D eigenvalue weighted by Gasteiger charge is -2.31. The Morgan fingerprint density at radius 3 is 2.07 bits per heavy atom. The van der Waals surface area contributed by atoms with E-state index >= 15 is 0 Å². The van der Waals surface area contributed by atoms with Gasteiger partial charge in [-0.3, -0.25) is 9.69 Å². The Kier molecular flexibility index (Phi) is 8.32. The summed E-state index contributed by atoms with van der Waals surface area (Å²) in [4.78, 5) is 18.0. The summed E-state index contributed by atoms with van der Waals surface area (Å²) in [5.74, 6) is 0.796. The molecule has 4 nitrogen and oxygen atoms in total. The first-order chi connectivity index (χ1) is 14.3. The molecular formula is C25H33ClN2O2. The lowest BCUT2D eigenvalue weighted by atomic mass is 9.74. The van der Waals surface area contributed by atoms with Crippen molar-refractivity contribution >= 4 is 18.3 Å². The van der Waals surface area contributed by atoms with Crippen molar-refractivity contribution in [3.8, 4) is 0 Å². The van der Waals surface area contributed by atoms with E-state index in [0.29, 0.717) is 11.8 Å².